The fraction of sp³-hybridized carbons (Fsp3) is 0.833. The van der Waals surface area contributed by atoms with Crippen LogP contribution in [0.2, 0.25) is 0 Å². The third kappa shape index (κ3) is 2.84. The first-order chi connectivity index (χ1) is 5.86. The van der Waals surface area contributed by atoms with Gasteiger partial charge in [0.1, 0.15) is 24.9 Å². The molecule has 0 aromatic rings. The molecule has 12 heavy (non-hydrogen) atoms. The van der Waals surface area contributed by atoms with Crippen molar-refractivity contribution in [2.75, 3.05) is 13.2 Å². The quantitative estimate of drug-likeness (QED) is 0.303. The molecule has 0 aromatic heterocycles. The van der Waals surface area contributed by atoms with Gasteiger partial charge in [0.2, 0.25) is 0 Å². The average Bonchev–Trinajstić information content (AvgIpc) is 2.14. The van der Waals surface area contributed by atoms with E-state index in [2.05, 4.69) is 0 Å². The van der Waals surface area contributed by atoms with Crippen LogP contribution in [-0.4, -0.2) is 62.8 Å². The van der Waals surface area contributed by atoms with Crippen molar-refractivity contribution >= 4 is 5.78 Å². The van der Waals surface area contributed by atoms with Crippen molar-refractivity contribution in [2.45, 2.75) is 18.3 Å². The normalized spacial score (nSPS) is 22.2. The lowest BCUT2D eigenvalue weighted by Crippen LogP contribution is -2.44. The molecule has 0 unspecified atom stereocenters. The Labute approximate surface area is 70.1 Å². The van der Waals surface area contributed by atoms with E-state index in [1.54, 1.807) is 0 Å². The number of carbonyl (C=O) groups excluding carboxylic acids is 1. The summed E-state index contributed by atoms with van der Waals surface area (Å²) in [6.07, 6.45) is -6.96. The first-order valence-corrected chi connectivity index (χ1v) is 3.19. The van der Waals surface area contributed by atoms with E-state index in [0.717, 1.165) is 0 Å². The van der Waals surface area contributed by atoms with Gasteiger partial charge in [-0.15, -0.1) is 0 Å². The molecule has 0 amide bonds. The molecule has 0 aliphatic heterocycles. The van der Waals surface area contributed by atoms with Crippen molar-refractivity contribution in [1.29, 1.82) is 0 Å². The van der Waals surface area contributed by atoms with Crippen molar-refractivity contribution < 1.29 is 31.7 Å². The maximum atomic E-state index is 10.6. The summed E-state index contributed by atoms with van der Waals surface area (Å²) in [4.78, 5) is 10.6. The molecule has 0 aliphatic carbocycles. The summed E-state index contributed by atoms with van der Waals surface area (Å²) in [6.45, 7) is -2.15. The van der Waals surface area contributed by atoms with Crippen LogP contribution >= 0.6 is 0 Å². The van der Waals surface area contributed by atoms with E-state index in [9.17, 15) is 4.79 Å². The van der Waals surface area contributed by atoms with Crippen molar-refractivity contribution in [3.05, 3.63) is 0 Å². The lowest BCUT2D eigenvalue weighted by Gasteiger charge is -2.19. The molecular weight excluding hydrogens is 168 g/mol. The Morgan fingerprint density at radius 3 is 2.17 bits per heavy atom. The second-order valence-electron chi connectivity index (χ2n) is 2.16. The highest BCUT2D eigenvalue weighted by atomic mass is 16.4. The number of aliphatic hydroxyl groups is 5. The van der Waals surface area contributed by atoms with E-state index in [1.807, 2.05) is 0 Å². The highest BCUT2D eigenvalue weighted by Crippen LogP contribution is 2.00. The molecule has 5 N–H and O–H groups in total. The number of aliphatic hydroxyl groups excluding tert-OH is 4. The molecule has 0 radical (unpaired) electrons. The Kier molecular flexibility index (Phi) is 4.12. The van der Waals surface area contributed by atoms with Crippen LogP contribution in [-0.2, 0) is 4.79 Å². The average molecular weight is 182 g/mol. The van der Waals surface area contributed by atoms with Crippen LogP contribution < -0.4 is 0 Å². The molecule has 0 aromatic carbocycles. The zero-order chi connectivity index (χ0) is 10.6. The molecular formula is C6H12O6. The number of carbonyl (C=O) groups is 1. The Balaban J connectivity index is 4.41. The molecule has 6 heteroatoms. The number of hydrogen-bond donors (Lipinski definition) is 5. The molecule has 0 saturated carbocycles. The van der Waals surface area contributed by atoms with Crippen molar-refractivity contribution in [3.63, 3.8) is 0 Å². The molecule has 0 fully saturated rings. The van der Waals surface area contributed by atoms with E-state index in [4.69, 9.17) is 26.9 Å². The van der Waals surface area contributed by atoms with Crippen LogP contribution in [0.4, 0.5) is 0 Å². The first-order valence-electron chi connectivity index (χ1n) is 3.69. The molecule has 72 valence electrons. The summed E-state index contributed by atoms with van der Waals surface area (Å²) in [5.41, 5.74) is 0. The van der Waals surface area contributed by atoms with Gasteiger partial charge in [-0.3, -0.25) is 4.79 Å². The highest BCUT2D eigenvalue weighted by Gasteiger charge is 2.28. The predicted octanol–water partition coefficient (Wildman–Crippen LogP) is -3.38. The zero-order valence-corrected chi connectivity index (χ0v) is 6.21. The van der Waals surface area contributed by atoms with Crippen molar-refractivity contribution in [2.24, 2.45) is 0 Å². The predicted molar refractivity (Wildman–Crippen MR) is 37.2 cm³/mol. The lowest BCUT2D eigenvalue weighted by molar-refractivity contribution is -0.142. The molecule has 6 nitrogen and oxygen atoms in total. The smallest absolute Gasteiger partial charge is 0.189 e. The van der Waals surface area contributed by atoms with Crippen LogP contribution in [0.1, 0.15) is 1.37 Å². The van der Waals surface area contributed by atoms with Gasteiger partial charge < -0.3 is 25.5 Å². The molecule has 0 aliphatic rings. The van der Waals surface area contributed by atoms with E-state index < -0.39 is 37.3 Å². The minimum Gasteiger partial charge on any atom is -0.394 e. The zero-order valence-electron chi connectivity index (χ0n) is 7.21. The topological polar surface area (TPSA) is 118 Å². The van der Waals surface area contributed by atoms with Gasteiger partial charge in [0.15, 0.2) is 5.78 Å². The van der Waals surface area contributed by atoms with Crippen LogP contribution in [0.15, 0.2) is 0 Å². The van der Waals surface area contributed by atoms with E-state index in [1.165, 1.54) is 0 Å². The Morgan fingerprint density at radius 1 is 1.33 bits per heavy atom. The highest BCUT2D eigenvalue weighted by molar-refractivity contribution is 5.84. The molecule has 0 rings (SSSR count). The van der Waals surface area contributed by atoms with Crippen molar-refractivity contribution in [3.8, 4) is 0 Å². The summed E-state index contributed by atoms with van der Waals surface area (Å²) in [6, 6.07) is 0. The third-order valence-electron chi connectivity index (χ3n) is 1.29. The Morgan fingerprint density at radius 2 is 1.83 bits per heavy atom. The lowest BCUT2D eigenvalue weighted by atomic mass is 10.1. The van der Waals surface area contributed by atoms with Gasteiger partial charge in [-0.25, -0.2) is 0 Å². The maximum absolute atomic E-state index is 10.6. The van der Waals surface area contributed by atoms with E-state index in [0.29, 0.717) is 0 Å². The van der Waals surface area contributed by atoms with Crippen LogP contribution in [0.5, 0.6) is 0 Å². The molecule has 0 saturated heterocycles. The van der Waals surface area contributed by atoms with Gasteiger partial charge in [-0.05, 0) is 0 Å². The molecule has 0 heterocycles. The standard InChI is InChI=1S/C6H12O6/c7-1-3(9)5(11)6(12)4(10)2-8/h3,5-9,11-12H,1-2H2/t3-,5-,6-/m1/s1/i3T. The Hall–Kier alpha value is -0.530. The Bertz CT molecular complexity index is 182. The van der Waals surface area contributed by atoms with Gasteiger partial charge in [-0.1, -0.05) is 0 Å². The summed E-state index contributed by atoms with van der Waals surface area (Å²) in [5, 5.41) is 43.4. The third-order valence-corrected chi connectivity index (χ3v) is 1.29. The number of Topliss-reactive ketones (excluding diaryl/α,β-unsaturated/α-hetero) is 1. The van der Waals surface area contributed by atoms with Crippen molar-refractivity contribution in [1.82, 2.24) is 0 Å². The van der Waals surface area contributed by atoms with Gasteiger partial charge in [-0.2, -0.15) is 0 Å². The van der Waals surface area contributed by atoms with Gasteiger partial charge >= 0.3 is 0 Å². The van der Waals surface area contributed by atoms with Gasteiger partial charge in [0, 0.05) is 0 Å². The number of rotatable bonds is 5. The minimum atomic E-state index is -2.72. The summed E-state index contributed by atoms with van der Waals surface area (Å²) >= 11 is 0. The van der Waals surface area contributed by atoms with Crippen LogP contribution in [0.25, 0.3) is 0 Å². The van der Waals surface area contributed by atoms with E-state index >= 15 is 0 Å². The second-order valence-corrected chi connectivity index (χ2v) is 2.16. The summed E-state index contributed by atoms with van der Waals surface area (Å²) in [5.74, 6) is -1.13. The fourth-order valence-electron chi connectivity index (χ4n) is 0.545. The molecule has 0 spiro atoms. The summed E-state index contributed by atoms with van der Waals surface area (Å²) < 4.78 is 6.84. The molecule has 0 bridgehead atoms. The minimum absolute atomic E-state index is 1.01. The number of ketones is 1. The number of hydrogen-bond acceptors (Lipinski definition) is 6. The largest absolute Gasteiger partial charge is 0.394 e. The second kappa shape index (κ2) is 5.18. The summed E-state index contributed by atoms with van der Waals surface area (Å²) in [7, 11) is 0. The van der Waals surface area contributed by atoms with Gasteiger partial charge in [0.05, 0.1) is 7.98 Å². The maximum Gasteiger partial charge on any atom is 0.189 e. The van der Waals surface area contributed by atoms with Crippen LogP contribution in [0.3, 0.4) is 0 Å². The SMILES string of the molecule is [3H][C@@](O)(CO)[C@@H](O)[C@H](O)C(=O)CO. The van der Waals surface area contributed by atoms with Gasteiger partial charge in [0.25, 0.3) is 0 Å². The molecule has 3 atom stereocenters. The van der Waals surface area contributed by atoms with E-state index in [-0.39, 0.29) is 0 Å². The van der Waals surface area contributed by atoms with Crippen LogP contribution in [0, 0.1) is 0 Å². The monoisotopic (exact) mass is 182 g/mol. The fourth-order valence-corrected chi connectivity index (χ4v) is 0.545. The first kappa shape index (κ1) is 9.56.